The molecule has 0 aliphatic rings. The molecule has 5 nitrogen and oxygen atoms in total. The third kappa shape index (κ3) is 5.40. The van der Waals surface area contributed by atoms with Crippen LogP contribution in [0.1, 0.15) is 5.56 Å². The quantitative estimate of drug-likeness (QED) is 0.297. The van der Waals surface area contributed by atoms with Gasteiger partial charge in [-0.1, -0.05) is 52.3 Å². The van der Waals surface area contributed by atoms with Gasteiger partial charge in [-0.2, -0.15) is 0 Å². The van der Waals surface area contributed by atoms with E-state index in [1.54, 1.807) is 42.5 Å². The Morgan fingerprint density at radius 1 is 0.909 bits per heavy atom. The molecular formula is C23H17BrFNO4S3. The van der Waals surface area contributed by atoms with Crippen LogP contribution < -0.4 is 0 Å². The molecule has 0 bridgehead atoms. The van der Waals surface area contributed by atoms with E-state index < -0.39 is 25.5 Å². The summed E-state index contributed by atoms with van der Waals surface area (Å²) < 4.78 is 64.1. The van der Waals surface area contributed by atoms with E-state index in [0.29, 0.717) is 27.3 Å². The van der Waals surface area contributed by atoms with Gasteiger partial charge in [0.05, 0.1) is 21.2 Å². The number of aromatic nitrogens is 1. The van der Waals surface area contributed by atoms with Gasteiger partial charge in [0.25, 0.3) is 0 Å². The van der Waals surface area contributed by atoms with Crippen LogP contribution in [-0.4, -0.2) is 28.1 Å². The lowest BCUT2D eigenvalue weighted by molar-refractivity contribution is 0.594. The van der Waals surface area contributed by atoms with Crippen molar-refractivity contribution in [1.82, 2.24) is 4.98 Å². The minimum Gasteiger partial charge on any atom is -0.224 e. The molecule has 1 heterocycles. The van der Waals surface area contributed by atoms with E-state index in [4.69, 9.17) is 0 Å². The highest BCUT2D eigenvalue weighted by atomic mass is 79.9. The van der Waals surface area contributed by atoms with Gasteiger partial charge in [0.1, 0.15) is 5.82 Å². The second kappa shape index (κ2) is 9.09. The first kappa shape index (κ1) is 23.7. The van der Waals surface area contributed by atoms with Crippen molar-refractivity contribution >= 4 is 46.9 Å². The van der Waals surface area contributed by atoms with Gasteiger partial charge in [0.15, 0.2) is 9.84 Å². The van der Waals surface area contributed by atoms with Crippen LogP contribution in [-0.2, 0) is 25.4 Å². The van der Waals surface area contributed by atoms with Crippen molar-refractivity contribution in [3.8, 4) is 21.7 Å². The van der Waals surface area contributed by atoms with Crippen molar-refractivity contribution in [2.75, 3.05) is 6.26 Å². The molecule has 170 valence electrons. The standard InChI is InChI=1S/C23H17BrFNO4S3/c1-32(27,28)20-11-7-16(8-12-20)21-22(17-5-9-19(25)10-6-17)31-23(26-21)33(29,30)14-15-3-2-4-18(24)13-15/h2-13H,14H2,1H3. The highest BCUT2D eigenvalue weighted by molar-refractivity contribution is 9.10. The van der Waals surface area contributed by atoms with Crippen LogP contribution in [0.5, 0.6) is 0 Å². The van der Waals surface area contributed by atoms with E-state index in [9.17, 15) is 21.2 Å². The SMILES string of the molecule is CS(=O)(=O)c1ccc(-c2nc(S(=O)(=O)Cc3cccc(Br)c3)sc2-c2ccc(F)cc2)cc1. The summed E-state index contributed by atoms with van der Waals surface area (Å²) in [5, 5.41) is 0. The van der Waals surface area contributed by atoms with Crippen LogP contribution in [0.4, 0.5) is 4.39 Å². The Morgan fingerprint density at radius 2 is 1.55 bits per heavy atom. The lowest BCUT2D eigenvalue weighted by atomic mass is 10.1. The van der Waals surface area contributed by atoms with Gasteiger partial charge in [0.2, 0.25) is 14.2 Å². The fraction of sp³-hybridized carbons (Fsp3) is 0.0870. The van der Waals surface area contributed by atoms with Gasteiger partial charge in [0, 0.05) is 16.3 Å². The van der Waals surface area contributed by atoms with E-state index in [0.717, 1.165) is 22.1 Å². The highest BCUT2D eigenvalue weighted by Gasteiger charge is 2.25. The van der Waals surface area contributed by atoms with Gasteiger partial charge >= 0.3 is 0 Å². The Bertz CT molecular complexity index is 1530. The normalized spacial score (nSPS) is 12.1. The second-order valence-corrected chi connectivity index (χ2v) is 13.4. The van der Waals surface area contributed by atoms with Crippen molar-refractivity contribution in [2.45, 2.75) is 15.0 Å². The fourth-order valence-corrected chi connectivity index (χ4v) is 7.00. The highest BCUT2D eigenvalue weighted by Crippen LogP contribution is 2.39. The van der Waals surface area contributed by atoms with Crippen LogP contribution in [0, 0.1) is 5.82 Å². The molecule has 1 aromatic heterocycles. The van der Waals surface area contributed by atoms with Gasteiger partial charge in [-0.3, -0.25) is 0 Å². The van der Waals surface area contributed by atoms with Crippen molar-refractivity contribution < 1.29 is 21.2 Å². The molecule has 0 aliphatic carbocycles. The van der Waals surface area contributed by atoms with E-state index in [2.05, 4.69) is 20.9 Å². The Balaban J connectivity index is 1.82. The number of hydrogen-bond acceptors (Lipinski definition) is 6. The second-order valence-electron chi connectivity index (χ2n) is 7.35. The maximum atomic E-state index is 13.5. The Kier molecular flexibility index (Phi) is 6.54. The molecule has 10 heteroatoms. The summed E-state index contributed by atoms with van der Waals surface area (Å²) in [4.78, 5) is 5.13. The maximum Gasteiger partial charge on any atom is 0.210 e. The van der Waals surface area contributed by atoms with Crippen molar-refractivity contribution in [1.29, 1.82) is 0 Å². The van der Waals surface area contributed by atoms with E-state index >= 15 is 0 Å². The first-order valence-corrected chi connectivity index (χ1v) is 14.7. The predicted molar refractivity (Wildman–Crippen MR) is 131 cm³/mol. The van der Waals surface area contributed by atoms with Crippen molar-refractivity contribution in [3.63, 3.8) is 0 Å². The summed E-state index contributed by atoms with van der Waals surface area (Å²) in [7, 11) is -7.15. The summed E-state index contributed by atoms with van der Waals surface area (Å²) in [5.74, 6) is -0.639. The molecule has 4 aromatic rings. The number of thiazole rings is 1. The molecule has 0 N–H and O–H groups in total. The molecule has 0 unspecified atom stereocenters. The van der Waals surface area contributed by atoms with E-state index in [1.165, 1.54) is 24.3 Å². The molecule has 0 saturated heterocycles. The lowest BCUT2D eigenvalue weighted by Gasteiger charge is -2.04. The number of hydrogen-bond donors (Lipinski definition) is 0. The molecule has 0 spiro atoms. The molecule has 0 saturated carbocycles. The summed E-state index contributed by atoms with van der Waals surface area (Å²) in [6.07, 6.45) is 1.11. The van der Waals surface area contributed by atoms with Gasteiger partial charge in [-0.15, -0.1) is 11.3 Å². The average Bonchev–Trinajstić information content (AvgIpc) is 3.20. The molecule has 4 rings (SSSR count). The first-order valence-electron chi connectivity index (χ1n) is 9.57. The van der Waals surface area contributed by atoms with Crippen LogP contribution in [0.2, 0.25) is 0 Å². The molecule has 0 radical (unpaired) electrons. The molecule has 0 aliphatic heterocycles. The monoisotopic (exact) mass is 565 g/mol. The number of nitrogens with zero attached hydrogens (tertiary/aromatic N) is 1. The Morgan fingerprint density at radius 3 is 2.15 bits per heavy atom. The third-order valence-corrected chi connectivity index (χ3v) is 9.65. The Labute approximate surface area is 203 Å². The van der Waals surface area contributed by atoms with Gasteiger partial charge in [-0.25, -0.2) is 26.2 Å². The summed E-state index contributed by atoms with van der Waals surface area (Å²) >= 11 is 4.35. The summed E-state index contributed by atoms with van der Waals surface area (Å²) in [6.45, 7) is 0. The number of rotatable bonds is 6. The average molecular weight is 566 g/mol. The molecule has 0 atom stereocenters. The minimum atomic E-state index is -3.77. The van der Waals surface area contributed by atoms with Crippen LogP contribution in [0.25, 0.3) is 21.7 Å². The zero-order chi connectivity index (χ0) is 23.8. The molecular weight excluding hydrogens is 549 g/mol. The van der Waals surface area contributed by atoms with Gasteiger partial charge < -0.3 is 0 Å². The topological polar surface area (TPSA) is 81.2 Å². The number of benzene rings is 3. The van der Waals surface area contributed by atoms with Gasteiger partial charge in [-0.05, 0) is 47.5 Å². The molecule has 0 fully saturated rings. The van der Waals surface area contributed by atoms with E-state index in [1.807, 2.05) is 6.07 Å². The molecule has 33 heavy (non-hydrogen) atoms. The molecule has 0 amide bonds. The summed E-state index contributed by atoms with van der Waals surface area (Å²) in [5.41, 5.74) is 2.17. The first-order chi connectivity index (χ1) is 15.5. The largest absolute Gasteiger partial charge is 0.224 e. The minimum absolute atomic E-state index is 0.0657. The number of sulfone groups is 2. The fourth-order valence-electron chi connectivity index (χ4n) is 3.19. The van der Waals surface area contributed by atoms with Crippen molar-refractivity contribution in [3.05, 3.63) is 88.6 Å². The third-order valence-electron chi connectivity index (χ3n) is 4.78. The molecule has 3 aromatic carbocycles. The summed E-state index contributed by atoms with van der Waals surface area (Å²) in [6, 6.07) is 18.8. The Hall–Kier alpha value is -2.40. The van der Waals surface area contributed by atoms with Crippen molar-refractivity contribution in [2.24, 2.45) is 0 Å². The zero-order valence-corrected chi connectivity index (χ0v) is 21.2. The number of halogens is 2. The van der Waals surface area contributed by atoms with Crippen LogP contribution >= 0.6 is 27.3 Å². The van der Waals surface area contributed by atoms with Crippen LogP contribution in [0.15, 0.2) is 86.5 Å². The van der Waals surface area contributed by atoms with Crippen LogP contribution in [0.3, 0.4) is 0 Å². The predicted octanol–water partition coefficient (Wildman–Crippen LogP) is 5.76. The lowest BCUT2D eigenvalue weighted by Crippen LogP contribution is -2.04. The van der Waals surface area contributed by atoms with E-state index in [-0.39, 0.29) is 15.0 Å². The zero-order valence-electron chi connectivity index (χ0n) is 17.2. The maximum absolute atomic E-state index is 13.5. The smallest absolute Gasteiger partial charge is 0.210 e.